The Hall–Kier alpha value is -3.19. The predicted octanol–water partition coefficient (Wildman–Crippen LogP) is 1.08. The first-order chi connectivity index (χ1) is 16.5. The second-order valence-corrected chi connectivity index (χ2v) is 9.91. The van der Waals surface area contributed by atoms with E-state index in [0.29, 0.717) is 12.8 Å². The van der Waals surface area contributed by atoms with Crippen molar-refractivity contribution in [2.45, 2.75) is 57.1 Å². The number of benzene rings is 1. The fourth-order valence-electron chi connectivity index (χ4n) is 3.25. The molecule has 1 saturated heterocycles. The Labute approximate surface area is 203 Å². The van der Waals surface area contributed by atoms with Gasteiger partial charge in [-0.05, 0) is 18.6 Å². The largest absolute Gasteiger partial charge is 0.504 e. The van der Waals surface area contributed by atoms with Crippen LogP contribution in [0.3, 0.4) is 0 Å². The number of sulfonamides is 1. The molecule has 1 aromatic carbocycles. The average Bonchev–Trinajstić information content (AvgIpc) is 2.84. The summed E-state index contributed by atoms with van der Waals surface area (Å²) in [5.41, 5.74) is -0.167. The highest BCUT2D eigenvalue weighted by Crippen LogP contribution is 2.31. The molecule has 1 aliphatic heterocycles. The molecule has 3 atom stereocenters. The first-order valence-corrected chi connectivity index (χ1v) is 12.6. The van der Waals surface area contributed by atoms with Crippen molar-refractivity contribution >= 4 is 40.0 Å². The number of esters is 3. The van der Waals surface area contributed by atoms with Crippen LogP contribution in [0.25, 0.3) is 0 Å². The van der Waals surface area contributed by atoms with E-state index in [1.54, 1.807) is 13.8 Å². The smallest absolute Gasteiger partial charge is 0.327 e. The van der Waals surface area contributed by atoms with Gasteiger partial charge in [0, 0.05) is 0 Å². The lowest BCUT2D eigenvalue weighted by atomic mass is 9.96. The number of para-hydroxylation sites is 1. The van der Waals surface area contributed by atoms with E-state index in [0.717, 1.165) is 12.5 Å². The third-order valence-corrected chi connectivity index (χ3v) is 6.73. The lowest BCUT2D eigenvalue weighted by Gasteiger charge is -2.25. The molecule has 1 heterocycles. The van der Waals surface area contributed by atoms with Crippen molar-refractivity contribution in [3.8, 4) is 5.75 Å². The van der Waals surface area contributed by atoms with Crippen molar-refractivity contribution in [3.63, 3.8) is 0 Å². The molecule has 13 heteroatoms. The molecule has 0 radical (unpaired) electrons. The molecule has 0 saturated carbocycles. The number of rotatable bonds is 10. The van der Waals surface area contributed by atoms with Crippen LogP contribution in [-0.4, -0.2) is 63.2 Å². The lowest BCUT2D eigenvalue weighted by Crippen LogP contribution is -2.45. The zero-order chi connectivity index (χ0) is 26.2. The number of carbonyl (C=O) groups excluding carboxylic acids is 4. The van der Waals surface area contributed by atoms with Crippen LogP contribution in [0.4, 0.5) is 5.69 Å². The second-order valence-electron chi connectivity index (χ2n) is 8.23. The molecule has 1 aromatic rings. The summed E-state index contributed by atoms with van der Waals surface area (Å²) in [5.74, 6) is -4.56. The Kier molecular flexibility index (Phi) is 10.0. The van der Waals surface area contributed by atoms with Crippen LogP contribution in [0.5, 0.6) is 5.75 Å². The van der Waals surface area contributed by atoms with E-state index in [9.17, 15) is 32.7 Å². The number of nitrogens with one attached hydrogen (secondary N) is 2. The molecule has 0 spiro atoms. The van der Waals surface area contributed by atoms with Crippen molar-refractivity contribution in [2.75, 3.05) is 18.5 Å². The van der Waals surface area contributed by atoms with Crippen molar-refractivity contribution in [2.24, 2.45) is 11.8 Å². The van der Waals surface area contributed by atoms with Crippen molar-refractivity contribution in [1.82, 2.24) is 4.72 Å². The fraction of sp³-hybridized carbons (Fsp3) is 0.545. The number of phenols is 1. The molecule has 35 heavy (non-hydrogen) atoms. The molecule has 1 amide bonds. The highest BCUT2D eigenvalue weighted by Gasteiger charge is 2.38. The third kappa shape index (κ3) is 7.39. The molecule has 3 unspecified atom stereocenters. The maximum atomic E-state index is 12.9. The zero-order valence-corrected chi connectivity index (χ0v) is 20.5. The van der Waals surface area contributed by atoms with Crippen LogP contribution in [-0.2, 0) is 43.4 Å². The molecule has 0 aromatic heterocycles. The van der Waals surface area contributed by atoms with Gasteiger partial charge >= 0.3 is 17.9 Å². The van der Waals surface area contributed by atoms with E-state index in [1.807, 2.05) is 6.92 Å². The number of hydrogen-bond acceptors (Lipinski definition) is 10. The number of hydrogen-bond donors (Lipinski definition) is 3. The van der Waals surface area contributed by atoms with E-state index in [-0.39, 0.29) is 12.1 Å². The van der Waals surface area contributed by atoms with E-state index in [4.69, 9.17) is 14.2 Å². The van der Waals surface area contributed by atoms with Crippen LogP contribution in [0.15, 0.2) is 23.1 Å². The quantitative estimate of drug-likeness (QED) is 0.177. The Morgan fingerprint density at radius 2 is 1.91 bits per heavy atom. The average molecular weight is 515 g/mol. The fourth-order valence-corrected chi connectivity index (χ4v) is 4.54. The van der Waals surface area contributed by atoms with Gasteiger partial charge in [-0.3, -0.25) is 19.2 Å². The minimum absolute atomic E-state index is 0.167. The SMILES string of the molecule is CCCCC1C(=O)OCC(NS(=O)(=O)c2cccc(NC=O)c2O)C(=O)OCC1OC(=O)C(C)C. The van der Waals surface area contributed by atoms with E-state index >= 15 is 0 Å². The molecule has 0 bridgehead atoms. The van der Waals surface area contributed by atoms with Crippen LogP contribution in [0.1, 0.15) is 40.0 Å². The van der Waals surface area contributed by atoms with Crippen LogP contribution in [0, 0.1) is 11.8 Å². The molecular formula is C22H30N2O10S. The highest BCUT2D eigenvalue weighted by atomic mass is 32.2. The van der Waals surface area contributed by atoms with Gasteiger partial charge in [-0.1, -0.05) is 39.7 Å². The van der Waals surface area contributed by atoms with Gasteiger partial charge in [-0.2, -0.15) is 4.72 Å². The number of anilines is 1. The van der Waals surface area contributed by atoms with Crippen LogP contribution in [0.2, 0.25) is 0 Å². The lowest BCUT2D eigenvalue weighted by molar-refractivity contribution is -0.169. The van der Waals surface area contributed by atoms with Gasteiger partial charge in [0.25, 0.3) is 0 Å². The molecule has 1 fully saturated rings. The monoisotopic (exact) mass is 514 g/mol. The number of ether oxygens (including phenoxy) is 3. The van der Waals surface area contributed by atoms with Gasteiger partial charge in [0.05, 0.1) is 17.5 Å². The molecule has 3 N–H and O–H groups in total. The Morgan fingerprint density at radius 3 is 2.54 bits per heavy atom. The summed E-state index contributed by atoms with van der Waals surface area (Å²) in [6, 6.07) is 1.96. The number of unbranched alkanes of at least 4 members (excludes halogenated alkanes) is 1. The number of amides is 1. The second kappa shape index (κ2) is 12.5. The summed E-state index contributed by atoms with van der Waals surface area (Å²) in [6.07, 6.45) is 0.829. The summed E-state index contributed by atoms with van der Waals surface area (Å²) >= 11 is 0. The maximum Gasteiger partial charge on any atom is 0.327 e. The highest BCUT2D eigenvalue weighted by molar-refractivity contribution is 7.89. The molecule has 1 aliphatic rings. The summed E-state index contributed by atoms with van der Waals surface area (Å²) < 4.78 is 43.6. The topological polar surface area (TPSA) is 174 Å². The summed E-state index contributed by atoms with van der Waals surface area (Å²) in [4.78, 5) is 47.7. The number of cyclic esters (lactones) is 2. The van der Waals surface area contributed by atoms with Gasteiger partial charge in [0.2, 0.25) is 16.4 Å². The first-order valence-electron chi connectivity index (χ1n) is 11.1. The van der Waals surface area contributed by atoms with Crippen molar-refractivity contribution < 1.29 is 46.9 Å². The maximum absolute atomic E-state index is 12.9. The van der Waals surface area contributed by atoms with Crippen LogP contribution >= 0.6 is 0 Å². The molecule has 12 nitrogen and oxygen atoms in total. The van der Waals surface area contributed by atoms with Gasteiger partial charge in [-0.25, -0.2) is 8.42 Å². The normalized spacial score (nSPS) is 21.2. The zero-order valence-electron chi connectivity index (χ0n) is 19.7. The third-order valence-electron chi connectivity index (χ3n) is 5.23. The summed E-state index contributed by atoms with van der Waals surface area (Å²) in [5, 5.41) is 12.4. The van der Waals surface area contributed by atoms with E-state index in [1.165, 1.54) is 12.1 Å². The molecule has 0 aliphatic carbocycles. The number of aromatic hydroxyl groups is 1. The van der Waals surface area contributed by atoms with E-state index < -0.39 is 75.8 Å². The van der Waals surface area contributed by atoms with E-state index in [2.05, 4.69) is 10.0 Å². The van der Waals surface area contributed by atoms with Gasteiger partial charge in [-0.15, -0.1) is 0 Å². The summed E-state index contributed by atoms with van der Waals surface area (Å²) in [7, 11) is -4.53. The summed E-state index contributed by atoms with van der Waals surface area (Å²) in [6.45, 7) is 3.99. The molecular weight excluding hydrogens is 484 g/mol. The minimum Gasteiger partial charge on any atom is -0.504 e. The standard InChI is InChI=1S/C22H30N2O10S/c1-4-5-7-14-17(34-20(27)13(2)3)11-33-22(29)16(10-32-21(14)28)24-35(30,31)18-9-6-8-15(19(18)26)23-12-25/h6,8-9,12-14,16-17,24,26H,4-5,7,10-11H2,1-3H3,(H,23,25). The Balaban J connectivity index is 2.29. The van der Waals surface area contributed by atoms with Gasteiger partial charge < -0.3 is 24.6 Å². The first kappa shape index (κ1) is 28.1. The Bertz CT molecular complexity index is 1040. The Morgan fingerprint density at radius 1 is 1.23 bits per heavy atom. The molecule has 2 rings (SSSR count). The predicted molar refractivity (Wildman–Crippen MR) is 122 cm³/mol. The van der Waals surface area contributed by atoms with Gasteiger partial charge in [0.1, 0.15) is 24.2 Å². The molecule has 194 valence electrons. The minimum atomic E-state index is -4.53. The van der Waals surface area contributed by atoms with Crippen molar-refractivity contribution in [1.29, 1.82) is 0 Å². The van der Waals surface area contributed by atoms with Crippen molar-refractivity contribution in [3.05, 3.63) is 18.2 Å². The van der Waals surface area contributed by atoms with Crippen LogP contribution < -0.4 is 10.0 Å². The number of carbonyl (C=O) groups is 4. The van der Waals surface area contributed by atoms with Gasteiger partial charge in [0.15, 0.2) is 11.8 Å². The number of phenolic OH excluding ortho intramolecular Hbond substituents is 1.